The number of ether oxygens (including phenoxy) is 1. The summed E-state index contributed by atoms with van der Waals surface area (Å²) in [6.07, 6.45) is 1.62. The molecule has 126 valence electrons. The highest BCUT2D eigenvalue weighted by Crippen LogP contribution is 2.26. The monoisotopic (exact) mass is 353 g/mol. The van der Waals surface area contributed by atoms with Crippen LogP contribution < -0.4 is 15.4 Å². The highest BCUT2D eigenvalue weighted by molar-refractivity contribution is 6.30. The molecule has 3 aromatic rings. The summed E-state index contributed by atoms with van der Waals surface area (Å²) in [4.78, 5) is 17.0. The van der Waals surface area contributed by atoms with Crippen LogP contribution in [0.15, 0.2) is 66.9 Å². The maximum absolute atomic E-state index is 12.7. The van der Waals surface area contributed by atoms with Crippen molar-refractivity contribution in [2.75, 3.05) is 17.7 Å². The van der Waals surface area contributed by atoms with Crippen molar-refractivity contribution in [1.29, 1.82) is 0 Å². The van der Waals surface area contributed by atoms with Gasteiger partial charge in [0.1, 0.15) is 11.6 Å². The minimum atomic E-state index is -0.290. The van der Waals surface area contributed by atoms with Gasteiger partial charge in [0.05, 0.1) is 18.4 Å². The zero-order valence-corrected chi connectivity index (χ0v) is 14.2. The molecule has 1 heterocycles. The number of para-hydroxylation sites is 2. The summed E-state index contributed by atoms with van der Waals surface area (Å²) < 4.78 is 5.26. The first kappa shape index (κ1) is 16.8. The lowest BCUT2D eigenvalue weighted by molar-refractivity contribution is 0.102. The highest BCUT2D eigenvalue weighted by atomic mass is 35.5. The van der Waals surface area contributed by atoms with Crippen molar-refractivity contribution in [2.24, 2.45) is 0 Å². The lowest BCUT2D eigenvalue weighted by Crippen LogP contribution is -2.15. The maximum atomic E-state index is 12.7. The molecule has 0 bridgehead atoms. The van der Waals surface area contributed by atoms with Crippen LogP contribution in [0, 0.1) is 0 Å². The first-order chi connectivity index (χ1) is 12.2. The molecule has 0 fully saturated rings. The molecule has 5 nitrogen and oxygen atoms in total. The molecule has 25 heavy (non-hydrogen) atoms. The van der Waals surface area contributed by atoms with Crippen LogP contribution in [0.5, 0.6) is 5.75 Å². The van der Waals surface area contributed by atoms with Crippen molar-refractivity contribution in [1.82, 2.24) is 4.98 Å². The fraction of sp³-hybridized carbons (Fsp3) is 0.0526. The number of hydrogen-bond donors (Lipinski definition) is 2. The van der Waals surface area contributed by atoms with E-state index in [1.807, 2.05) is 24.3 Å². The molecule has 1 amide bonds. The van der Waals surface area contributed by atoms with Gasteiger partial charge in [-0.05, 0) is 42.5 Å². The van der Waals surface area contributed by atoms with Crippen molar-refractivity contribution in [2.45, 2.75) is 0 Å². The summed E-state index contributed by atoms with van der Waals surface area (Å²) in [5, 5.41) is 6.56. The number of methoxy groups -OCH3 is 1. The second kappa shape index (κ2) is 7.68. The smallest absolute Gasteiger partial charge is 0.259 e. The zero-order valence-electron chi connectivity index (χ0n) is 13.5. The molecule has 1 aromatic heterocycles. The molecule has 0 aliphatic carbocycles. The summed E-state index contributed by atoms with van der Waals surface area (Å²) in [7, 11) is 1.56. The quantitative estimate of drug-likeness (QED) is 0.695. The number of hydrogen-bond acceptors (Lipinski definition) is 4. The number of carbonyl (C=O) groups is 1. The molecule has 0 aliphatic heterocycles. The molecular formula is C19H16ClN3O2. The van der Waals surface area contributed by atoms with Gasteiger partial charge in [0, 0.05) is 16.9 Å². The van der Waals surface area contributed by atoms with Crippen molar-refractivity contribution in [3.63, 3.8) is 0 Å². The fourth-order valence-corrected chi connectivity index (χ4v) is 2.52. The normalized spacial score (nSPS) is 10.2. The molecule has 2 N–H and O–H groups in total. The Bertz CT molecular complexity index is 899. The minimum absolute atomic E-state index is 0.290. The Hall–Kier alpha value is -3.05. The molecule has 0 radical (unpaired) electrons. The van der Waals surface area contributed by atoms with E-state index in [2.05, 4.69) is 15.6 Å². The molecular weight excluding hydrogens is 338 g/mol. The molecule has 6 heteroatoms. The number of amides is 1. The van der Waals surface area contributed by atoms with Crippen molar-refractivity contribution < 1.29 is 9.53 Å². The SMILES string of the molecule is COc1ccccc1NC(=O)c1cccnc1Nc1cccc(Cl)c1. The lowest BCUT2D eigenvalue weighted by atomic mass is 10.2. The van der Waals surface area contributed by atoms with Gasteiger partial charge in [0.25, 0.3) is 5.91 Å². The van der Waals surface area contributed by atoms with E-state index in [4.69, 9.17) is 16.3 Å². The van der Waals surface area contributed by atoms with E-state index >= 15 is 0 Å². The molecule has 0 spiro atoms. The molecule has 3 rings (SSSR count). The van der Waals surface area contributed by atoms with Crippen LogP contribution >= 0.6 is 11.6 Å². The van der Waals surface area contributed by atoms with Crippen molar-refractivity contribution >= 4 is 34.7 Å². The topological polar surface area (TPSA) is 63.2 Å². The third-order valence-electron chi connectivity index (χ3n) is 3.49. The number of nitrogens with zero attached hydrogens (tertiary/aromatic N) is 1. The summed E-state index contributed by atoms with van der Waals surface area (Å²) in [6.45, 7) is 0. The van der Waals surface area contributed by atoms with E-state index in [1.54, 1.807) is 49.7 Å². The number of nitrogens with one attached hydrogen (secondary N) is 2. The van der Waals surface area contributed by atoms with Crippen LogP contribution in [0.25, 0.3) is 0 Å². The van der Waals surface area contributed by atoms with E-state index in [9.17, 15) is 4.79 Å². The fourth-order valence-electron chi connectivity index (χ4n) is 2.33. The molecule has 2 aromatic carbocycles. The molecule has 0 saturated heterocycles. The van der Waals surface area contributed by atoms with Crippen LogP contribution in [-0.4, -0.2) is 18.0 Å². The Labute approximate surface area is 150 Å². The summed E-state index contributed by atoms with van der Waals surface area (Å²) in [5.41, 5.74) is 1.75. The summed E-state index contributed by atoms with van der Waals surface area (Å²) in [5.74, 6) is 0.739. The van der Waals surface area contributed by atoms with Crippen molar-refractivity contribution in [3.05, 3.63) is 77.4 Å². The molecule has 0 aliphatic rings. The second-order valence-corrected chi connectivity index (χ2v) is 5.63. The first-order valence-electron chi connectivity index (χ1n) is 7.59. The van der Waals surface area contributed by atoms with Gasteiger partial charge in [-0.3, -0.25) is 4.79 Å². The average molecular weight is 354 g/mol. The van der Waals surface area contributed by atoms with E-state index in [0.29, 0.717) is 27.8 Å². The number of benzene rings is 2. The van der Waals surface area contributed by atoms with Gasteiger partial charge in [-0.25, -0.2) is 4.98 Å². The van der Waals surface area contributed by atoms with E-state index in [1.165, 1.54) is 0 Å². The maximum Gasteiger partial charge on any atom is 0.259 e. The minimum Gasteiger partial charge on any atom is -0.495 e. The second-order valence-electron chi connectivity index (χ2n) is 5.19. The summed E-state index contributed by atoms with van der Waals surface area (Å²) >= 11 is 6.00. The van der Waals surface area contributed by atoms with Crippen LogP contribution in [0.2, 0.25) is 5.02 Å². The van der Waals surface area contributed by atoms with Gasteiger partial charge in [0.15, 0.2) is 0 Å². The van der Waals surface area contributed by atoms with Crippen molar-refractivity contribution in [3.8, 4) is 5.75 Å². The Balaban J connectivity index is 1.86. The van der Waals surface area contributed by atoms with E-state index < -0.39 is 0 Å². The lowest BCUT2D eigenvalue weighted by Gasteiger charge is -2.13. The van der Waals surface area contributed by atoms with Gasteiger partial charge in [-0.2, -0.15) is 0 Å². The van der Waals surface area contributed by atoms with E-state index in [-0.39, 0.29) is 5.91 Å². The Kier molecular flexibility index (Phi) is 5.16. The number of anilines is 3. The number of carbonyl (C=O) groups excluding carboxylic acids is 1. The van der Waals surface area contributed by atoms with Gasteiger partial charge < -0.3 is 15.4 Å². The van der Waals surface area contributed by atoms with Gasteiger partial charge in [0.2, 0.25) is 0 Å². The molecule has 0 saturated carbocycles. The summed E-state index contributed by atoms with van der Waals surface area (Å²) in [6, 6.07) is 17.8. The van der Waals surface area contributed by atoms with Gasteiger partial charge in [-0.1, -0.05) is 29.8 Å². The highest BCUT2D eigenvalue weighted by Gasteiger charge is 2.14. The number of aromatic nitrogens is 1. The predicted octanol–water partition coefficient (Wildman–Crippen LogP) is 4.74. The van der Waals surface area contributed by atoms with Crippen LogP contribution in [0.3, 0.4) is 0 Å². The third kappa shape index (κ3) is 4.08. The molecule has 0 atom stereocenters. The van der Waals surface area contributed by atoms with Crippen LogP contribution in [-0.2, 0) is 0 Å². The predicted molar refractivity (Wildman–Crippen MR) is 99.9 cm³/mol. The van der Waals surface area contributed by atoms with Crippen LogP contribution in [0.1, 0.15) is 10.4 Å². The Morgan fingerprint density at radius 1 is 1.08 bits per heavy atom. The van der Waals surface area contributed by atoms with Crippen LogP contribution in [0.4, 0.5) is 17.2 Å². The number of pyridine rings is 1. The first-order valence-corrected chi connectivity index (χ1v) is 7.97. The molecule has 0 unspecified atom stereocenters. The van der Waals surface area contributed by atoms with Gasteiger partial charge >= 0.3 is 0 Å². The Morgan fingerprint density at radius 2 is 1.92 bits per heavy atom. The standard InChI is InChI=1S/C19H16ClN3O2/c1-25-17-10-3-2-9-16(17)23-19(24)15-8-5-11-21-18(15)22-14-7-4-6-13(20)12-14/h2-12H,1H3,(H,21,22)(H,23,24). The zero-order chi connectivity index (χ0) is 17.6. The van der Waals surface area contributed by atoms with Gasteiger partial charge in [-0.15, -0.1) is 0 Å². The largest absolute Gasteiger partial charge is 0.495 e. The number of rotatable bonds is 5. The van der Waals surface area contributed by atoms with E-state index in [0.717, 1.165) is 5.69 Å². The average Bonchev–Trinajstić information content (AvgIpc) is 2.62. The Morgan fingerprint density at radius 3 is 2.72 bits per heavy atom. The number of halogens is 1. The third-order valence-corrected chi connectivity index (χ3v) is 3.73.